The van der Waals surface area contributed by atoms with E-state index in [2.05, 4.69) is 12.6 Å². The summed E-state index contributed by atoms with van der Waals surface area (Å²) in [4.78, 5) is 0. The normalized spacial score (nSPS) is 13.5. The molecule has 2 N–H and O–H groups in total. The van der Waals surface area contributed by atoms with Crippen LogP contribution in [0.3, 0.4) is 0 Å². The van der Waals surface area contributed by atoms with Gasteiger partial charge in [0.05, 0.1) is 13.2 Å². The summed E-state index contributed by atoms with van der Waals surface area (Å²) in [5.41, 5.74) is 0. The van der Waals surface area contributed by atoms with Crippen LogP contribution in [0.15, 0.2) is 0 Å². The molecule has 0 saturated carbocycles. The summed E-state index contributed by atoms with van der Waals surface area (Å²) in [5, 5.41) is 17.1. The number of thiol groups is 1. The van der Waals surface area contributed by atoms with Crippen LogP contribution in [-0.4, -0.2) is 41.9 Å². The average molecular weight is 166 g/mol. The molecule has 3 nitrogen and oxygen atoms in total. The second-order valence-corrected chi connectivity index (χ2v) is 2.44. The summed E-state index contributed by atoms with van der Waals surface area (Å²) in [6.45, 7) is 0.575. The molecule has 0 spiro atoms. The molecule has 0 bridgehead atoms. The van der Waals surface area contributed by atoms with Gasteiger partial charge in [-0.15, -0.1) is 0 Å². The standard InChI is InChI=1S/C6H14O3S/c7-4-6(8)5-9-2-1-3-10/h6-8,10H,1-5H2. The van der Waals surface area contributed by atoms with Gasteiger partial charge >= 0.3 is 0 Å². The van der Waals surface area contributed by atoms with Gasteiger partial charge < -0.3 is 14.9 Å². The monoisotopic (exact) mass is 166 g/mol. The van der Waals surface area contributed by atoms with Crippen LogP contribution >= 0.6 is 12.6 Å². The van der Waals surface area contributed by atoms with E-state index in [1.165, 1.54) is 0 Å². The fourth-order valence-electron chi connectivity index (χ4n) is 0.439. The molecule has 0 aromatic rings. The maximum Gasteiger partial charge on any atom is 0.100 e. The third-order valence-corrected chi connectivity index (χ3v) is 1.28. The Bertz CT molecular complexity index is 70.0. The first kappa shape index (κ1) is 10.2. The molecule has 0 rings (SSSR count). The Morgan fingerprint density at radius 1 is 1.50 bits per heavy atom. The second-order valence-electron chi connectivity index (χ2n) is 1.99. The first-order chi connectivity index (χ1) is 4.81. The van der Waals surface area contributed by atoms with Gasteiger partial charge in [0.25, 0.3) is 0 Å². The van der Waals surface area contributed by atoms with Gasteiger partial charge in [-0.2, -0.15) is 12.6 Å². The molecule has 0 aliphatic carbocycles. The minimum absolute atomic E-state index is 0.213. The van der Waals surface area contributed by atoms with Crippen LogP contribution in [0.4, 0.5) is 0 Å². The Kier molecular flexibility index (Phi) is 7.51. The zero-order valence-corrected chi connectivity index (χ0v) is 6.76. The largest absolute Gasteiger partial charge is 0.394 e. The second kappa shape index (κ2) is 7.34. The molecule has 1 atom stereocenters. The minimum atomic E-state index is -0.736. The molecule has 0 radical (unpaired) electrons. The highest BCUT2D eigenvalue weighted by Crippen LogP contribution is 1.88. The van der Waals surface area contributed by atoms with E-state index in [-0.39, 0.29) is 13.2 Å². The summed E-state index contributed by atoms with van der Waals surface area (Å²) in [5.74, 6) is 0.787. The minimum Gasteiger partial charge on any atom is -0.394 e. The van der Waals surface area contributed by atoms with E-state index in [0.29, 0.717) is 6.61 Å². The lowest BCUT2D eigenvalue weighted by atomic mass is 10.4. The number of aliphatic hydroxyl groups excluding tert-OH is 2. The van der Waals surface area contributed by atoms with E-state index < -0.39 is 6.10 Å². The maximum absolute atomic E-state index is 8.76. The van der Waals surface area contributed by atoms with Gasteiger partial charge in [-0.1, -0.05) is 0 Å². The van der Waals surface area contributed by atoms with Crippen LogP contribution in [0.5, 0.6) is 0 Å². The van der Waals surface area contributed by atoms with Crippen molar-refractivity contribution in [2.45, 2.75) is 12.5 Å². The SMILES string of the molecule is OCC(O)COCCCS. The van der Waals surface area contributed by atoms with Gasteiger partial charge in [0, 0.05) is 6.61 Å². The van der Waals surface area contributed by atoms with Gasteiger partial charge in [-0.25, -0.2) is 0 Å². The van der Waals surface area contributed by atoms with Crippen molar-refractivity contribution in [3.8, 4) is 0 Å². The van der Waals surface area contributed by atoms with Crippen molar-refractivity contribution < 1.29 is 14.9 Å². The van der Waals surface area contributed by atoms with Crippen LogP contribution in [0.1, 0.15) is 6.42 Å². The van der Waals surface area contributed by atoms with Crippen LogP contribution in [-0.2, 0) is 4.74 Å². The molecule has 62 valence electrons. The van der Waals surface area contributed by atoms with Crippen LogP contribution in [0, 0.1) is 0 Å². The highest BCUT2D eigenvalue weighted by molar-refractivity contribution is 7.80. The molecule has 0 amide bonds. The average Bonchev–Trinajstić information content (AvgIpc) is 1.98. The molecule has 1 unspecified atom stereocenters. The lowest BCUT2D eigenvalue weighted by molar-refractivity contribution is 0.00674. The van der Waals surface area contributed by atoms with Crippen molar-refractivity contribution in [2.75, 3.05) is 25.6 Å². The molecule has 4 heteroatoms. The number of hydrogen-bond donors (Lipinski definition) is 3. The molecular weight excluding hydrogens is 152 g/mol. The summed E-state index contributed by atoms with van der Waals surface area (Å²) in [6.07, 6.45) is 0.140. The topological polar surface area (TPSA) is 49.7 Å². The molecular formula is C6H14O3S. The molecule has 0 aromatic heterocycles. The lowest BCUT2D eigenvalue weighted by Gasteiger charge is -2.06. The van der Waals surface area contributed by atoms with Gasteiger partial charge in [0.1, 0.15) is 6.10 Å². The van der Waals surface area contributed by atoms with Gasteiger partial charge in [0.15, 0.2) is 0 Å². The molecule has 0 saturated heterocycles. The molecule has 0 fully saturated rings. The third kappa shape index (κ3) is 6.35. The maximum atomic E-state index is 8.76. The van der Waals surface area contributed by atoms with Crippen LogP contribution in [0.2, 0.25) is 0 Å². The Hall–Kier alpha value is 0.230. The number of hydrogen-bond acceptors (Lipinski definition) is 4. The van der Waals surface area contributed by atoms with Crippen LogP contribution < -0.4 is 0 Å². The summed E-state index contributed by atoms with van der Waals surface area (Å²) in [7, 11) is 0. The summed E-state index contributed by atoms with van der Waals surface area (Å²) < 4.78 is 4.97. The quantitative estimate of drug-likeness (QED) is 0.374. The molecule has 10 heavy (non-hydrogen) atoms. The van der Waals surface area contributed by atoms with Crippen molar-refractivity contribution >= 4 is 12.6 Å². The van der Waals surface area contributed by atoms with Crippen LogP contribution in [0.25, 0.3) is 0 Å². The van der Waals surface area contributed by atoms with Crippen molar-refractivity contribution in [2.24, 2.45) is 0 Å². The lowest BCUT2D eigenvalue weighted by Crippen LogP contribution is -2.19. The van der Waals surface area contributed by atoms with E-state index in [9.17, 15) is 0 Å². The van der Waals surface area contributed by atoms with E-state index >= 15 is 0 Å². The number of rotatable bonds is 6. The van der Waals surface area contributed by atoms with E-state index in [0.717, 1.165) is 12.2 Å². The van der Waals surface area contributed by atoms with E-state index in [1.54, 1.807) is 0 Å². The van der Waals surface area contributed by atoms with Gasteiger partial charge in [-0.05, 0) is 12.2 Å². The Balaban J connectivity index is 2.89. The summed E-state index contributed by atoms with van der Waals surface area (Å²) >= 11 is 3.98. The molecule has 0 aromatic carbocycles. The number of aliphatic hydroxyl groups is 2. The highest BCUT2D eigenvalue weighted by Gasteiger charge is 1.99. The zero-order valence-electron chi connectivity index (χ0n) is 5.86. The van der Waals surface area contributed by atoms with Crippen molar-refractivity contribution in [3.05, 3.63) is 0 Å². The molecule has 0 aliphatic heterocycles. The zero-order chi connectivity index (χ0) is 7.82. The van der Waals surface area contributed by atoms with Crippen molar-refractivity contribution in [3.63, 3.8) is 0 Å². The van der Waals surface area contributed by atoms with Gasteiger partial charge in [0.2, 0.25) is 0 Å². The predicted molar refractivity (Wildman–Crippen MR) is 42.4 cm³/mol. The number of ether oxygens (including phenoxy) is 1. The van der Waals surface area contributed by atoms with E-state index in [1.807, 2.05) is 0 Å². The fraction of sp³-hybridized carbons (Fsp3) is 1.00. The first-order valence-corrected chi connectivity index (χ1v) is 3.92. The third-order valence-electron chi connectivity index (χ3n) is 0.968. The summed E-state index contributed by atoms with van der Waals surface area (Å²) in [6, 6.07) is 0. The molecule has 0 heterocycles. The van der Waals surface area contributed by atoms with Crippen molar-refractivity contribution in [1.82, 2.24) is 0 Å². The predicted octanol–water partition coefficient (Wildman–Crippen LogP) is -0.324. The van der Waals surface area contributed by atoms with Gasteiger partial charge in [-0.3, -0.25) is 0 Å². The molecule has 0 aliphatic rings. The first-order valence-electron chi connectivity index (χ1n) is 3.28. The smallest absolute Gasteiger partial charge is 0.100 e. The highest BCUT2D eigenvalue weighted by atomic mass is 32.1. The fourth-order valence-corrected chi connectivity index (χ4v) is 0.568. The van der Waals surface area contributed by atoms with E-state index in [4.69, 9.17) is 14.9 Å². The Labute approximate surface area is 66.4 Å². The Morgan fingerprint density at radius 3 is 2.70 bits per heavy atom. The Morgan fingerprint density at radius 2 is 2.20 bits per heavy atom. The van der Waals surface area contributed by atoms with Crippen molar-refractivity contribution in [1.29, 1.82) is 0 Å².